The number of methoxy groups -OCH3 is 1. The summed E-state index contributed by atoms with van der Waals surface area (Å²) < 4.78 is 26.5. The second kappa shape index (κ2) is 14.7. The number of nitrogens with zero attached hydrogens (tertiary/aromatic N) is 2. The summed E-state index contributed by atoms with van der Waals surface area (Å²) in [7, 11) is 1.65. The van der Waals surface area contributed by atoms with Gasteiger partial charge in [0.15, 0.2) is 5.67 Å². The molecule has 7 nitrogen and oxygen atoms in total. The summed E-state index contributed by atoms with van der Waals surface area (Å²) in [5.41, 5.74) is 6.34. The molecule has 0 aromatic heterocycles. The molecule has 1 aromatic carbocycles. The first-order chi connectivity index (χ1) is 18.7. The van der Waals surface area contributed by atoms with Gasteiger partial charge in [0.2, 0.25) is 0 Å². The zero-order valence-electron chi connectivity index (χ0n) is 24.0. The number of nitrogens with one attached hydrogen (secondary N) is 1. The van der Waals surface area contributed by atoms with E-state index >= 15 is 4.39 Å². The Morgan fingerprint density at radius 1 is 1.23 bits per heavy atom. The molecular weight excluding hydrogens is 495 g/mol. The first kappa shape index (κ1) is 31.0. The highest BCUT2D eigenvalue weighted by Crippen LogP contribution is 2.37. The number of carbonyl (C=O) groups is 1. The molecule has 1 saturated heterocycles. The van der Waals surface area contributed by atoms with E-state index in [2.05, 4.69) is 18.8 Å². The van der Waals surface area contributed by atoms with Crippen LogP contribution in [-0.2, 0) is 20.9 Å². The van der Waals surface area contributed by atoms with Crippen LogP contribution in [0.15, 0.2) is 53.8 Å². The van der Waals surface area contributed by atoms with Crippen molar-refractivity contribution in [2.45, 2.75) is 76.6 Å². The first-order valence-electron chi connectivity index (χ1n) is 14.3. The standard InChI is InChI=1S/C31H47FN4O3/c1-5-8-28(26-12-10-25(11-13-26)23-39-22-21-38-4)34-24(2)36-19-16-31(32,17-20-36)29(37)35-30(3)15-7-6-9-27(30)14-18-33/h5,8,10-13,27H,2,6-7,9,14-23,33H2,1,3-4H3,(H,35,37)/b8-5-,34-28?. The fourth-order valence-corrected chi connectivity index (χ4v) is 5.62. The predicted octanol–water partition coefficient (Wildman–Crippen LogP) is 4.90. The van der Waals surface area contributed by atoms with Gasteiger partial charge in [-0.3, -0.25) is 4.79 Å². The van der Waals surface area contributed by atoms with Crippen LogP contribution >= 0.6 is 0 Å². The largest absolute Gasteiger partial charge is 0.382 e. The van der Waals surface area contributed by atoms with E-state index in [9.17, 15) is 4.79 Å². The Labute approximate surface area is 233 Å². The van der Waals surface area contributed by atoms with Crippen molar-refractivity contribution >= 4 is 11.6 Å². The fourth-order valence-electron chi connectivity index (χ4n) is 5.62. The number of ether oxygens (including phenoxy) is 2. The van der Waals surface area contributed by atoms with E-state index in [1.807, 2.05) is 48.2 Å². The number of halogens is 1. The van der Waals surface area contributed by atoms with Crippen molar-refractivity contribution in [3.05, 3.63) is 59.9 Å². The monoisotopic (exact) mass is 542 g/mol. The molecule has 1 aliphatic heterocycles. The Hall–Kier alpha value is -2.55. The van der Waals surface area contributed by atoms with Crippen LogP contribution in [0, 0.1) is 5.92 Å². The van der Waals surface area contributed by atoms with Gasteiger partial charge in [-0.1, -0.05) is 49.8 Å². The van der Waals surface area contributed by atoms with E-state index in [1.54, 1.807) is 7.11 Å². The summed E-state index contributed by atoms with van der Waals surface area (Å²) in [5, 5.41) is 3.12. The minimum Gasteiger partial charge on any atom is -0.382 e. The van der Waals surface area contributed by atoms with Crippen LogP contribution in [0.4, 0.5) is 4.39 Å². The van der Waals surface area contributed by atoms with E-state index in [-0.39, 0.29) is 12.8 Å². The Morgan fingerprint density at radius 2 is 1.95 bits per heavy atom. The summed E-state index contributed by atoms with van der Waals surface area (Å²) in [6.45, 7) is 11.2. The number of likely N-dealkylation sites (tertiary alicyclic amines) is 1. The summed E-state index contributed by atoms with van der Waals surface area (Å²) in [4.78, 5) is 19.9. The summed E-state index contributed by atoms with van der Waals surface area (Å²) >= 11 is 0. The molecule has 2 fully saturated rings. The topological polar surface area (TPSA) is 89.2 Å². The van der Waals surface area contributed by atoms with Gasteiger partial charge >= 0.3 is 0 Å². The lowest BCUT2D eigenvalue weighted by atomic mass is 9.72. The normalized spacial score (nSPS) is 23.7. The summed E-state index contributed by atoms with van der Waals surface area (Å²) in [5.74, 6) is 0.378. The smallest absolute Gasteiger partial charge is 0.258 e. The number of hydrogen-bond donors (Lipinski definition) is 2. The fraction of sp³-hybridized carbons (Fsp3) is 0.613. The molecule has 3 rings (SSSR count). The van der Waals surface area contributed by atoms with E-state index in [0.29, 0.717) is 51.2 Å². The molecule has 1 aromatic rings. The molecule has 39 heavy (non-hydrogen) atoms. The quantitative estimate of drug-likeness (QED) is 0.273. The van der Waals surface area contributed by atoms with Gasteiger partial charge in [0, 0.05) is 44.1 Å². The number of rotatable bonds is 13. The third kappa shape index (κ3) is 8.47. The maximum absolute atomic E-state index is 15.9. The SMILES string of the molecule is C=C(N=C(/C=C\C)c1ccc(COCCOC)cc1)N1CCC(F)(C(=O)NC2(C)CCCCC2CCN)CC1. The van der Waals surface area contributed by atoms with Crippen LogP contribution in [-0.4, -0.2) is 67.7 Å². The van der Waals surface area contributed by atoms with Crippen LogP contribution in [0.5, 0.6) is 0 Å². The second-order valence-corrected chi connectivity index (χ2v) is 11.0. The van der Waals surface area contributed by atoms with Crippen LogP contribution in [0.2, 0.25) is 0 Å². The molecule has 3 N–H and O–H groups in total. The molecule has 2 aliphatic rings. The van der Waals surface area contributed by atoms with Crippen molar-refractivity contribution in [3.8, 4) is 0 Å². The number of hydrogen-bond acceptors (Lipinski definition) is 6. The van der Waals surface area contributed by atoms with Crippen molar-refractivity contribution in [3.63, 3.8) is 0 Å². The molecule has 216 valence electrons. The molecule has 2 unspecified atom stereocenters. The maximum atomic E-state index is 15.9. The predicted molar refractivity (Wildman–Crippen MR) is 155 cm³/mol. The molecule has 1 saturated carbocycles. The van der Waals surface area contributed by atoms with E-state index in [0.717, 1.165) is 48.9 Å². The second-order valence-electron chi connectivity index (χ2n) is 11.0. The van der Waals surface area contributed by atoms with Crippen molar-refractivity contribution in [2.75, 3.05) is 40.0 Å². The Morgan fingerprint density at radius 3 is 2.59 bits per heavy atom. The lowest BCUT2D eigenvalue weighted by Gasteiger charge is -2.44. The molecule has 1 aliphatic carbocycles. The van der Waals surface area contributed by atoms with E-state index in [4.69, 9.17) is 20.2 Å². The van der Waals surface area contributed by atoms with Gasteiger partial charge in [0.05, 0.1) is 25.5 Å². The molecule has 8 heteroatoms. The van der Waals surface area contributed by atoms with Crippen molar-refractivity contribution in [1.29, 1.82) is 0 Å². The Bertz CT molecular complexity index is 1000. The zero-order chi connectivity index (χ0) is 28.3. The van der Waals surface area contributed by atoms with Gasteiger partial charge in [0.1, 0.15) is 5.82 Å². The Kier molecular flexibility index (Phi) is 11.7. The van der Waals surface area contributed by atoms with Crippen molar-refractivity contribution in [1.82, 2.24) is 10.2 Å². The number of nitrogens with two attached hydrogens (primary N) is 1. The number of amides is 1. The van der Waals surface area contributed by atoms with Crippen LogP contribution in [0.1, 0.15) is 69.9 Å². The van der Waals surface area contributed by atoms with E-state index < -0.39 is 17.1 Å². The number of alkyl halides is 1. The lowest BCUT2D eigenvalue weighted by molar-refractivity contribution is -0.139. The number of allylic oxidation sites excluding steroid dienone is 2. The van der Waals surface area contributed by atoms with Crippen LogP contribution in [0.25, 0.3) is 0 Å². The van der Waals surface area contributed by atoms with Gasteiger partial charge in [-0.2, -0.15) is 0 Å². The van der Waals surface area contributed by atoms with Gasteiger partial charge in [0.25, 0.3) is 5.91 Å². The number of benzene rings is 1. The highest BCUT2D eigenvalue weighted by atomic mass is 19.1. The molecule has 0 bridgehead atoms. The highest BCUT2D eigenvalue weighted by molar-refractivity contribution is 6.09. The first-order valence-corrected chi connectivity index (χ1v) is 14.3. The van der Waals surface area contributed by atoms with Gasteiger partial charge in [-0.15, -0.1) is 0 Å². The average Bonchev–Trinajstić information content (AvgIpc) is 2.93. The molecule has 0 radical (unpaired) electrons. The van der Waals surface area contributed by atoms with Crippen molar-refractivity contribution < 1.29 is 18.7 Å². The molecule has 1 heterocycles. The van der Waals surface area contributed by atoms with Gasteiger partial charge < -0.3 is 25.4 Å². The molecule has 2 atom stereocenters. The van der Waals surface area contributed by atoms with Crippen molar-refractivity contribution in [2.24, 2.45) is 16.6 Å². The minimum atomic E-state index is -1.89. The molecule has 1 amide bonds. The third-order valence-electron chi connectivity index (χ3n) is 8.17. The number of aliphatic imine (C=N–C) groups is 1. The van der Waals surface area contributed by atoms with E-state index in [1.165, 1.54) is 0 Å². The highest BCUT2D eigenvalue weighted by Gasteiger charge is 2.46. The third-order valence-corrected chi connectivity index (χ3v) is 8.17. The number of piperidine rings is 1. The number of carbonyl (C=O) groups excluding carboxylic acids is 1. The Balaban J connectivity index is 1.60. The minimum absolute atomic E-state index is 0.113. The lowest BCUT2D eigenvalue weighted by Crippen LogP contribution is -2.60. The van der Waals surface area contributed by atoms with Crippen LogP contribution in [0.3, 0.4) is 0 Å². The molecular formula is C31H47FN4O3. The van der Waals surface area contributed by atoms with Gasteiger partial charge in [-0.05, 0) is 57.2 Å². The molecule has 0 spiro atoms. The summed E-state index contributed by atoms with van der Waals surface area (Å²) in [6.07, 6.45) is 9.02. The maximum Gasteiger partial charge on any atom is 0.258 e. The van der Waals surface area contributed by atoms with Gasteiger partial charge in [-0.25, -0.2) is 9.38 Å². The average molecular weight is 543 g/mol. The van der Waals surface area contributed by atoms with Crippen LogP contribution < -0.4 is 11.1 Å². The summed E-state index contributed by atoms with van der Waals surface area (Å²) in [6, 6.07) is 8.06. The zero-order valence-corrected chi connectivity index (χ0v) is 24.0.